The van der Waals surface area contributed by atoms with Crippen molar-refractivity contribution in [2.45, 2.75) is 6.92 Å². The molecule has 0 saturated heterocycles. The summed E-state index contributed by atoms with van der Waals surface area (Å²) in [7, 11) is 2.26. The molecule has 0 fully saturated rings. The first-order valence-electron chi connectivity index (χ1n) is 10.3. The van der Waals surface area contributed by atoms with Gasteiger partial charge >= 0.3 is 11.9 Å². The van der Waals surface area contributed by atoms with Gasteiger partial charge in [-0.3, -0.25) is 19.3 Å². The van der Waals surface area contributed by atoms with Gasteiger partial charge in [0.15, 0.2) is 0 Å². The van der Waals surface area contributed by atoms with Gasteiger partial charge in [0.05, 0.1) is 30.4 Å². The fourth-order valence-electron chi connectivity index (χ4n) is 3.77. The molecule has 0 unspecified atom stereocenters. The predicted octanol–water partition coefficient (Wildman–Crippen LogP) is 4.02. The van der Waals surface area contributed by atoms with Crippen LogP contribution in [0, 0.1) is 17.0 Å². The number of rotatable bonds is 6. The number of ether oxygens (including phenoxy) is 2. The van der Waals surface area contributed by atoms with Crippen LogP contribution in [0.25, 0.3) is 16.8 Å². The number of hydrogen-bond acceptors (Lipinski definition) is 8. The summed E-state index contributed by atoms with van der Waals surface area (Å²) >= 11 is 0. The van der Waals surface area contributed by atoms with Crippen LogP contribution in [0.1, 0.15) is 42.3 Å². The Labute approximate surface area is 198 Å². The number of non-ortho nitro benzene ring substituents is 1. The highest BCUT2D eigenvalue weighted by molar-refractivity contribution is 6.20. The Morgan fingerprint density at radius 2 is 1.60 bits per heavy atom. The van der Waals surface area contributed by atoms with Crippen molar-refractivity contribution in [1.82, 2.24) is 9.38 Å². The number of nitro groups is 1. The fourth-order valence-corrected chi connectivity index (χ4v) is 3.77. The Morgan fingerprint density at radius 1 is 0.943 bits per heavy atom. The molecule has 35 heavy (non-hydrogen) atoms. The number of methoxy groups -OCH3 is 2. The number of nitro benzene ring substituents is 1. The Morgan fingerprint density at radius 3 is 2.23 bits per heavy atom. The molecule has 0 bridgehead atoms. The summed E-state index contributed by atoms with van der Waals surface area (Å²) < 4.78 is 11.1. The summed E-state index contributed by atoms with van der Waals surface area (Å²) in [6.45, 7) is 1.94. The highest BCUT2D eigenvalue weighted by atomic mass is 16.6. The number of fused-ring (bicyclic) bond motifs is 1. The van der Waals surface area contributed by atoms with Crippen LogP contribution in [0.3, 0.4) is 0 Å². The number of esters is 2. The minimum Gasteiger partial charge on any atom is -0.465 e. The van der Waals surface area contributed by atoms with E-state index in [-0.39, 0.29) is 33.6 Å². The molecule has 2 aromatic carbocycles. The number of aromatic nitrogens is 2. The lowest BCUT2D eigenvalue weighted by Crippen LogP contribution is -2.15. The van der Waals surface area contributed by atoms with Gasteiger partial charge in [-0.25, -0.2) is 14.6 Å². The number of aryl methyl sites for hydroxylation is 1. The standard InChI is InChI=1S/C25H19N3O7/c1-14-7-9-15(10-8-14)18-12-19-20(24(30)34-2)21(25(31)35-3)22(27(19)13-26-18)23(29)16-5-4-6-17(11-16)28(32)33/h4-13H,1-3H3. The van der Waals surface area contributed by atoms with Gasteiger partial charge in [0.2, 0.25) is 5.78 Å². The molecule has 0 aliphatic carbocycles. The number of benzene rings is 2. The quantitative estimate of drug-likeness (QED) is 0.178. The third kappa shape index (κ3) is 4.12. The molecule has 176 valence electrons. The molecular weight excluding hydrogens is 454 g/mol. The van der Waals surface area contributed by atoms with Crippen LogP contribution in [-0.4, -0.2) is 46.2 Å². The summed E-state index contributed by atoms with van der Waals surface area (Å²) in [6, 6.07) is 14.1. The Balaban J connectivity index is 2.03. The lowest BCUT2D eigenvalue weighted by Gasteiger charge is -2.07. The van der Waals surface area contributed by atoms with Gasteiger partial charge in [-0.2, -0.15) is 0 Å². The zero-order valence-corrected chi connectivity index (χ0v) is 19.0. The van der Waals surface area contributed by atoms with Crippen LogP contribution in [-0.2, 0) is 9.47 Å². The van der Waals surface area contributed by atoms with Crippen molar-refractivity contribution in [2.75, 3.05) is 14.2 Å². The van der Waals surface area contributed by atoms with E-state index in [9.17, 15) is 24.5 Å². The first-order valence-corrected chi connectivity index (χ1v) is 10.3. The summed E-state index contributed by atoms with van der Waals surface area (Å²) in [5, 5.41) is 11.2. The van der Waals surface area contributed by atoms with Crippen LogP contribution in [0.2, 0.25) is 0 Å². The van der Waals surface area contributed by atoms with Crippen molar-refractivity contribution in [3.63, 3.8) is 0 Å². The molecule has 0 aliphatic rings. The fraction of sp³-hybridized carbons (Fsp3) is 0.120. The zero-order valence-electron chi connectivity index (χ0n) is 19.0. The van der Waals surface area contributed by atoms with Crippen molar-refractivity contribution in [2.24, 2.45) is 0 Å². The largest absolute Gasteiger partial charge is 0.465 e. The molecule has 4 rings (SSSR count). The number of hydrogen-bond donors (Lipinski definition) is 0. The maximum Gasteiger partial charge on any atom is 0.341 e. The van der Waals surface area contributed by atoms with Crippen LogP contribution in [0.4, 0.5) is 5.69 Å². The molecule has 0 radical (unpaired) electrons. The molecule has 4 aromatic rings. The van der Waals surface area contributed by atoms with Crippen molar-refractivity contribution in [1.29, 1.82) is 0 Å². The zero-order chi connectivity index (χ0) is 25.3. The summed E-state index contributed by atoms with van der Waals surface area (Å²) in [5.41, 5.74) is 1.40. The van der Waals surface area contributed by atoms with E-state index >= 15 is 0 Å². The molecule has 10 nitrogen and oxygen atoms in total. The average Bonchev–Trinajstić information content (AvgIpc) is 3.22. The van der Waals surface area contributed by atoms with Crippen LogP contribution < -0.4 is 0 Å². The summed E-state index contributed by atoms with van der Waals surface area (Å²) in [5.74, 6) is -2.54. The number of carbonyl (C=O) groups excluding carboxylic acids is 3. The third-order valence-corrected chi connectivity index (χ3v) is 5.49. The topological polar surface area (TPSA) is 130 Å². The number of nitrogens with zero attached hydrogens (tertiary/aromatic N) is 3. The second kappa shape index (κ2) is 9.18. The highest BCUT2D eigenvalue weighted by Crippen LogP contribution is 2.30. The lowest BCUT2D eigenvalue weighted by molar-refractivity contribution is -0.384. The van der Waals surface area contributed by atoms with Crippen LogP contribution in [0.15, 0.2) is 60.9 Å². The van der Waals surface area contributed by atoms with Crippen molar-refractivity contribution < 1.29 is 28.8 Å². The second-order valence-electron chi connectivity index (χ2n) is 7.61. The van der Waals surface area contributed by atoms with Gasteiger partial charge in [-0.15, -0.1) is 0 Å². The number of ketones is 1. The van der Waals surface area contributed by atoms with Gasteiger partial charge in [0.1, 0.15) is 23.1 Å². The molecule has 2 aromatic heterocycles. The average molecular weight is 473 g/mol. The Kier molecular flexibility index (Phi) is 6.11. The first-order chi connectivity index (χ1) is 16.8. The van der Waals surface area contributed by atoms with E-state index in [1.807, 2.05) is 31.2 Å². The minimum absolute atomic E-state index is 0.0530. The number of carbonyl (C=O) groups is 3. The van der Waals surface area contributed by atoms with Crippen molar-refractivity contribution >= 4 is 28.9 Å². The molecule has 0 spiro atoms. The van der Waals surface area contributed by atoms with Crippen LogP contribution in [0.5, 0.6) is 0 Å². The maximum absolute atomic E-state index is 13.6. The SMILES string of the molecule is COC(=O)c1c(C(=O)OC)c2cc(-c3ccc(C)cc3)ncn2c1C(=O)c1cccc([N+](=O)[O-])c1. The molecule has 0 aliphatic heterocycles. The molecule has 0 atom stereocenters. The molecule has 0 amide bonds. The monoisotopic (exact) mass is 473 g/mol. The highest BCUT2D eigenvalue weighted by Gasteiger charge is 2.33. The van der Waals surface area contributed by atoms with Gasteiger partial charge in [-0.05, 0) is 13.0 Å². The van der Waals surface area contributed by atoms with E-state index in [2.05, 4.69) is 4.98 Å². The van der Waals surface area contributed by atoms with E-state index in [0.717, 1.165) is 31.4 Å². The molecule has 2 heterocycles. The predicted molar refractivity (Wildman–Crippen MR) is 125 cm³/mol. The van der Waals surface area contributed by atoms with Crippen molar-refractivity contribution in [3.05, 3.63) is 99.0 Å². The van der Waals surface area contributed by atoms with Gasteiger partial charge in [0.25, 0.3) is 5.69 Å². The first kappa shape index (κ1) is 23.3. The van der Waals surface area contributed by atoms with E-state index in [1.165, 1.54) is 28.9 Å². The van der Waals surface area contributed by atoms with Gasteiger partial charge in [-0.1, -0.05) is 42.0 Å². The van der Waals surface area contributed by atoms with E-state index in [4.69, 9.17) is 9.47 Å². The Bertz CT molecular complexity index is 1500. The summed E-state index contributed by atoms with van der Waals surface area (Å²) in [6.07, 6.45) is 1.31. The lowest BCUT2D eigenvalue weighted by atomic mass is 10.0. The van der Waals surface area contributed by atoms with Crippen LogP contribution >= 0.6 is 0 Å². The van der Waals surface area contributed by atoms with E-state index in [1.54, 1.807) is 6.07 Å². The third-order valence-electron chi connectivity index (χ3n) is 5.49. The minimum atomic E-state index is -0.945. The van der Waals surface area contributed by atoms with Crippen molar-refractivity contribution in [3.8, 4) is 11.3 Å². The van der Waals surface area contributed by atoms with Gasteiger partial charge in [0, 0.05) is 23.3 Å². The second-order valence-corrected chi connectivity index (χ2v) is 7.61. The molecular formula is C25H19N3O7. The molecule has 10 heteroatoms. The van der Waals surface area contributed by atoms with Gasteiger partial charge < -0.3 is 9.47 Å². The normalized spacial score (nSPS) is 10.7. The van der Waals surface area contributed by atoms with E-state index < -0.39 is 22.6 Å². The smallest absolute Gasteiger partial charge is 0.341 e. The molecule has 0 N–H and O–H groups in total. The van der Waals surface area contributed by atoms with E-state index in [0.29, 0.717) is 5.69 Å². The summed E-state index contributed by atoms with van der Waals surface area (Å²) in [4.78, 5) is 54.2. The molecule has 0 saturated carbocycles. The maximum atomic E-state index is 13.6. The Hall–Kier alpha value is -4.86.